The van der Waals surface area contributed by atoms with Crippen molar-refractivity contribution in [2.24, 2.45) is 0 Å². The van der Waals surface area contributed by atoms with E-state index in [0.29, 0.717) is 38.5 Å². The molecule has 9 heteroatoms. The summed E-state index contributed by atoms with van der Waals surface area (Å²) in [6, 6.07) is 12.0. The van der Waals surface area contributed by atoms with Gasteiger partial charge in [-0.05, 0) is 36.8 Å². The molecule has 0 aliphatic heterocycles. The molecule has 0 fully saturated rings. The van der Waals surface area contributed by atoms with Crippen LogP contribution in [0.5, 0.6) is 5.75 Å². The van der Waals surface area contributed by atoms with Crippen molar-refractivity contribution >= 4 is 34.3 Å². The maximum atomic E-state index is 11.9. The molecule has 0 radical (unpaired) electrons. The highest BCUT2D eigenvalue weighted by molar-refractivity contribution is 7.98. The molecule has 0 aliphatic carbocycles. The third kappa shape index (κ3) is 3.21. The lowest BCUT2D eigenvalue weighted by atomic mass is 10.1. The normalized spacial score (nSPS) is 11.2. The fourth-order valence-electron chi connectivity index (χ4n) is 2.88. The molecule has 2 aromatic heterocycles. The number of phenolic OH excluding ortho intramolecular Hbond substituents is 1. The van der Waals surface area contributed by atoms with Crippen LogP contribution < -0.4 is 11.5 Å². The molecule has 0 bridgehead atoms. The molecule has 0 spiro atoms. The number of hydrogen-bond donors (Lipinski definition) is 2. The van der Waals surface area contributed by atoms with Gasteiger partial charge in [0.1, 0.15) is 11.3 Å². The van der Waals surface area contributed by atoms with E-state index >= 15 is 0 Å². The zero-order valence-electron chi connectivity index (χ0n) is 14.7. The lowest BCUT2D eigenvalue weighted by Gasteiger charge is -2.08. The Balaban J connectivity index is 1.67. The molecule has 0 saturated carbocycles. The Kier molecular flexibility index (Phi) is 4.74. The van der Waals surface area contributed by atoms with E-state index in [9.17, 15) is 9.90 Å². The molecule has 4 rings (SSSR count). The van der Waals surface area contributed by atoms with Gasteiger partial charge in [0.15, 0.2) is 5.82 Å². The Morgan fingerprint density at radius 2 is 2.04 bits per heavy atom. The minimum absolute atomic E-state index is 0.0755. The van der Waals surface area contributed by atoms with Crippen LogP contribution in [-0.2, 0) is 5.75 Å². The predicted molar refractivity (Wildman–Crippen MR) is 109 cm³/mol. The molecule has 0 amide bonds. The van der Waals surface area contributed by atoms with Gasteiger partial charge in [0.2, 0.25) is 5.16 Å². The molecule has 0 aliphatic rings. The van der Waals surface area contributed by atoms with E-state index < -0.39 is 5.63 Å². The van der Waals surface area contributed by atoms with Crippen LogP contribution in [0.1, 0.15) is 11.1 Å². The topological polar surface area (TPSA) is 107 Å². The molecule has 2 heterocycles. The Hall–Kier alpha value is -2.97. The van der Waals surface area contributed by atoms with Gasteiger partial charge in [-0.2, -0.15) is 0 Å². The Morgan fingerprint density at radius 3 is 2.82 bits per heavy atom. The first-order valence-corrected chi connectivity index (χ1v) is 9.65. The first-order chi connectivity index (χ1) is 13.5. The second-order valence-electron chi connectivity index (χ2n) is 6.12. The van der Waals surface area contributed by atoms with Gasteiger partial charge >= 0.3 is 5.63 Å². The number of nitrogens with zero attached hydrogens (tertiary/aromatic N) is 3. The lowest BCUT2D eigenvalue weighted by molar-refractivity contribution is 0.468. The van der Waals surface area contributed by atoms with Crippen molar-refractivity contribution in [2.75, 3.05) is 5.84 Å². The molecular formula is C19H15ClN4O3S. The Labute approximate surface area is 168 Å². The maximum absolute atomic E-state index is 11.9. The van der Waals surface area contributed by atoms with E-state index in [1.807, 2.05) is 18.2 Å². The van der Waals surface area contributed by atoms with Crippen LogP contribution in [0.2, 0.25) is 5.02 Å². The van der Waals surface area contributed by atoms with Crippen LogP contribution in [0.15, 0.2) is 56.8 Å². The number of aryl methyl sites for hydroxylation is 1. The monoisotopic (exact) mass is 414 g/mol. The van der Waals surface area contributed by atoms with Gasteiger partial charge in [0.05, 0.1) is 5.02 Å². The number of benzene rings is 2. The summed E-state index contributed by atoms with van der Waals surface area (Å²) in [5.41, 5.74) is 1.84. The highest BCUT2D eigenvalue weighted by Gasteiger charge is 2.16. The number of nitrogens with two attached hydrogens (primary N) is 1. The zero-order valence-corrected chi connectivity index (χ0v) is 16.3. The van der Waals surface area contributed by atoms with Crippen molar-refractivity contribution in [3.8, 4) is 17.1 Å². The first kappa shape index (κ1) is 18.4. The van der Waals surface area contributed by atoms with Crippen molar-refractivity contribution in [2.45, 2.75) is 17.8 Å². The van der Waals surface area contributed by atoms with Crippen LogP contribution in [0, 0.1) is 6.92 Å². The Morgan fingerprint density at radius 1 is 1.25 bits per heavy atom. The van der Waals surface area contributed by atoms with Crippen molar-refractivity contribution < 1.29 is 9.52 Å². The van der Waals surface area contributed by atoms with Gasteiger partial charge in [0, 0.05) is 28.3 Å². The number of rotatable bonds is 4. The molecule has 0 saturated heterocycles. The van der Waals surface area contributed by atoms with Gasteiger partial charge in [-0.25, -0.2) is 9.47 Å². The summed E-state index contributed by atoms with van der Waals surface area (Å²) in [4.78, 5) is 11.9. The summed E-state index contributed by atoms with van der Waals surface area (Å²) in [5, 5.41) is 19.9. The van der Waals surface area contributed by atoms with Gasteiger partial charge in [-0.3, -0.25) is 0 Å². The SMILES string of the molecule is Cc1c(O)ccc2c(CSc3nnc(-c4ccccc4Cl)n3N)cc(=O)oc12. The summed E-state index contributed by atoms with van der Waals surface area (Å²) in [6.07, 6.45) is 0. The number of halogens is 1. The van der Waals surface area contributed by atoms with E-state index in [4.69, 9.17) is 21.9 Å². The molecule has 4 aromatic rings. The van der Waals surface area contributed by atoms with Crippen molar-refractivity contribution in [1.82, 2.24) is 14.9 Å². The number of hydrogen-bond acceptors (Lipinski definition) is 7. The quantitative estimate of drug-likeness (QED) is 0.297. The van der Waals surface area contributed by atoms with E-state index in [2.05, 4.69) is 10.2 Å². The van der Waals surface area contributed by atoms with Crippen LogP contribution in [0.3, 0.4) is 0 Å². The molecule has 3 N–H and O–H groups in total. The summed E-state index contributed by atoms with van der Waals surface area (Å²) in [5.74, 6) is 7.10. The van der Waals surface area contributed by atoms with Crippen LogP contribution >= 0.6 is 23.4 Å². The highest BCUT2D eigenvalue weighted by Crippen LogP contribution is 2.32. The average molecular weight is 415 g/mol. The van der Waals surface area contributed by atoms with Crippen molar-refractivity contribution in [3.63, 3.8) is 0 Å². The number of thioether (sulfide) groups is 1. The van der Waals surface area contributed by atoms with E-state index in [1.165, 1.54) is 22.5 Å². The second-order valence-corrected chi connectivity index (χ2v) is 7.47. The van der Waals surface area contributed by atoms with Crippen LogP contribution in [0.25, 0.3) is 22.4 Å². The highest BCUT2D eigenvalue weighted by atomic mass is 35.5. The van der Waals surface area contributed by atoms with Gasteiger partial charge in [0.25, 0.3) is 0 Å². The van der Waals surface area contributed by atoms with Crippen molar-refractivity contribution in [1.29, 1.82) is 0 Å². The van der Waals surface area contributed by atoms with Gasteiger partial charge in [-0.15, -0.1) is 10.2 Å². The van der Waals surface area contributed by atoms with Crippen LogP contribution in [0.4, 0.5) is 0 Å². The first-order valence-electron chi connectivity index (χ1n) is 8.29. The number of phenols is 1. The van der Waals surface area contributed by atoms with Gasteiger partial charge in [-0.1, -0.05) is 35.5 Å². The molecule has 2 aromatic carbocycles. The van der Waals surface area contributed by atoms with E-state index in [-0.39, 0.29) is 5.75 Å². The molecule has 7 nitrogen and oxygen atoms in total. The number of fused-ring (bicyclic) bond motifs is 1. The van der Waals surface area contributed by atoms with Crippen LogP contribution in [-0.4, -0.2) is 20.0 Å². The van der Waals surface area contributed by atoms with E-state index in [0.717, 1.165) is 10.9 Å². The largest absolute Gasteiger partial charge is 0.508 e. The third-order valence-corrected chi connectivity index (χ3v) is 5.68. The number of aromatic nitrogens is 3. The molecule has 142 valence electrons. The zero-order chi connectivity index (χ0) is 19.8. The molecular weight excluding hydrogens is 400 g/mol. The minimum Gasteiger partial charge on any atom is -0.508 e. The predicted octanol–water partition coefficient (Wildman–Crippen LogP) is 3.73. The standard InChI is InChI=1S/C19H15ClN4O3S/c1-10-15(25)7-6-12-11(8-16(26)27-17(10)12)9-28-19-23-22-18(24(19)21)13-4-2-3-5-14(13)20/h2-8,25H,9,21H2,1H3. The smallest absolute Gasteiger partial charge is 0.336 e. The van der Waals surface area contributed by atoms with E-state index in [1.54, 1.807) is 25.1 Å². The molecule has 0 unspecified atom stereocenters. The fraction of sp³-hybridized carbons (Fsp3) is 0.105. The second kappa shape index (κ2) is 7.21. The summed E-state index contributed by atoms with van der Waals surface area (Å²) in [6.45, 7) is 1.70. The van der Waals surface area contributed by atoms with Crippen molar-refractivity contribution in [3.05, 3.63) is 69.0 Å². The molecule has 28 heavy (non-hydrogen) atoms. The maximum Gasteiger partial charge on any atom is 0.336 e. The third-order valence-electron chi connectivity index (χ3n) is 4.35. The lowest BCUT2D eigenvalue weighted by Crippen LogP contribution is -2.11. The number of nitrogen functional groups attached to an aromatic ring is 1. The minimum atomic E-state index is -0.484. The summed E-state index contributed by atoms with van der Waals surface area (Å²) >= 11 is 7.55. The summed E-state index contributed by atoms with van der Waals surface area (Å²) < 4.78 is 6.64. The fourth-order valence-corrected chi connectivity index (χ4v) is 3.95. The Bertz CT molecular complexity index is 1250. The van der Waals surface area contributed by atoms with Gasteiger partial charge < -0.3 is 15.4 Å². The number of aromatic hydroxyl groups is 1. The average Bonchev–Trinajstić information content (AvgIpc) is 3.04. The summed E-state index contributed by atoms with van der Waals surface area (Å²) in [7, 11) is 0. The molecule has 0 atom stereocenters.